The number of rotatable bonds is 4. The van der Waals surface area contributed by atoms with Crippen molar-refractivity contribution in [3.63, 3.8) is 0 Å². The fourth-order valence-electron chi connectivity index (χ4n) is 4.63. The van der Waals surface area contributed by atoms with Crippen LogP contribution in [0.2, 0.25) is 0 Å². The Balaban J connectivity index is 1.97. The molecule has 1 aromatic rings. The number of aryl methyl sites for hydroxylation is 1. The molecule has 1 fully saturated rings. The number of nitrogens with zero attached hydrogens (tertiary/aromatic N) is 1. The van der Waals surface area contributed by atoms with Crippen LogP contribution in [0.25, 0.3) is 0 Å². The van der Waals surface area contributed by atoms with Gasteiger partial charge in [0.25, 0.3) is 0 Å². The Morgan fingerprint density at radius 3 is 3.10 bits per heavy atom. The Hall–Kier alpha value is -1.02. The first-order valence-corrected chi connectivity index (χ1v) is 8.35. The van der Waals surface area contributed by atoms with Crippen molar-refractivity contribution in [3.05, 3.63) is 29.3 Å². The summed E-state index contributed by atoms with van der Waals surface area (Å²) >= 11 is 0. The lowest BCUT2D eigenvalue weighted by Crippen LogP contribution is -2.43. The Bertz CT molecular complexity index is 518. The quantitative estimate of drug-likeness (QED) is 0.829. The summed E-state index contributed by atoms with van der Waals surface area (Å²) in [5.41, 5.74) is 3.41. The highest BCUT2D eigenvalue weighted by molar-refractivity contribution is 5.43. The molecule has 0 heterocycles. The van der Waals surface area contributed by atoms with Crippen molar-refractivity contribution >= 4 is 0 Å². The molecule has 0 amide bonds. The maximum absolute atomic E-state index is 7.57. The summed E-state index contributed by atoms with van der Waals surface area (Å²) in [7, 11) is 4.23. The molecule has 2 aliphatic rings. The van der Waals surface area contributed by atoms with E-state index >= 15 is 0 Å². The third-order valence-corrected chi connectivity index (χ3v) is 5.76. The number of benzene rings is 1. The summed E-state index contributed by atoms with van der Waals surface area (Å²) in [4.78, 5) is 2.13. The highest BCUT2D eigenvalue weighted by Crippen LogP contribution is 2.52. The standard InChI is InChI=1S/C19H29NO/c1-20(2)13-12-19-11-5-4-6-16(19)9-7-15-8-10-17(21-3)14-18(15)19/h8,10,14,16H,4-7,9,11-13H2,1-3H3/t16?,19-/m0/s1/i1D. The zero-order chi connectivity index (χ0) is 15.6. The van der Waals surface area contributed by atoms with E-state index in [2.05, 4.69) is 30.1 Å². The van der Waals surface area contributed by atoms with Crippen LogP contribution in [0.3, 0.4) is 0 Å². The molecule has 0 bridgehead atoms. The summed E-state index contributed by atoms with van der Waals surface area (Å²) in [6.45, 7) is 1.02. The molecule has 2 aliphatic carbocycles. The van der Waals surface area contributed by atoms with Crippen LogP contribution in [0, 0.1) is 5.92 Å². The second kappa shape index (κ2) is 6.00. The maximum atomic E-state index is 7.57. The summed E-state index contributed by atoms with van der Waals surface area (Å²) < 4.78 is 13.1. The molecule has 0 aromatic heterocycles. The van der Waals surface area contributed by atoms with Crippen molar-refractivity contribution < 1.29 is 6.11 Å². The van der Waals surface area contributed by atoms with Crippen molar-refractivity contribution in [3.8, 4) is 5.75 Å². The first kappa shape index (κ1) is 13.6. The molecule has 21 heavy (non-hydrogen) atoms. The van der Waals surface area contributed by atoms with Gasteiger partial charge in [0.05, 0.1) is 7.11 Å². The fraction of sp³-hybridized carbons (Fsp3) is 0.684. The minimum absolute atomic E-state index is 0.323. The largest absolute Gasteiger partial charge is 0.497 e. The van der Waals surface area contributed by atoms with Crippen molar-refractivity contribution in [2.75, 3.05) is 27.7 Å². The lowest BCUT2D eigenvalue weighted by atomic mass is 9.56. The molecule has 116 valence electrons. The third-order valence-electron chi connectivity index (χ3n) is 5.76. The molecular weight excluding hydrogens is 258 g/mol. The van der Waals surface area contributed by atoms with Gasteiger partial charge in [0.1, 0.15) is 5.75 Å². The molecule has 1 unspecified atom stereocenters. The van der Waals surface area contributed by atoms with E-state index in [0.29, 0.717) is 12.4 Å². The maximum Gasteiger partial charge on any atom is 0.119 e. The predicted octanol–water partition coefficient (Wildman–Crippen LogP) is 4.02. The van der Waals surface area contributed by atoms with E-state index in [1.54, 1.807) is 12.7 Å². The van der Waals surface area contributed by atoms with Gasteiger partial charge in [-0.1, -0.05) is 18.9 Å². The van der Waals surface area contributed by atoms with Crippen LogP contribution in [0.5, 0.6) is 5.75 Å². The van der Waals surface area contributed by atoms with E-state index in [4.69, 9.17) is 6.11 Å². The smallest absolute Gasteiger partial charge is 0.119 e. The Morgan fingerprint density at radius 2 is 2.29 bits per heavy atom. The highest BCUT2D eigenvalue weighted by atomic mass is 16.5. The Morgan fingerprint density at radius 1 is 1.38 bits per heavy atom. The van der Waals surface area contributed by atoms with Crippen molar-refractivity contribution in [1.29, 1.82) is 0 Å². The molecule has 0 saturated heterocycles. The summed E-state index contributed by atoms with van der Waals surface area (Å²) in [5.74, 6) is 1.82. The van der Waals surface area contributed by atoms with Gasteiger partial charge in [0.2, 0.25) is 0 Å². The van der Waals surface area contributed by atoms with Gasteiger partial charge in [-0.05, 0) is 87.3 Å². The van der Waals surface area contributed by atoms with E-state index in [0.717, 1.165) is 18.2 Å². The molecule has 0 N–H and O–H groups in total. The second-order valence-corrected chi connectivity index (χ2v) is 6.99. The van der Waals surface area contributed by atoms with E-state index < -0.39 is 0 Å². The molecule has 2 atom stereocenters. The Kier molecular flexibility index (Phi) is 3.89. The van der Waals surface area contributed by atoms with E-state index in [1.165, 1.54) is 50.5 Å². The first-order chi connectivity index (χ1) is 10.7. The average Bonchev–Trinajstić information content (AvgIpc) is 2.59. The van der Waals surface area contributed by atoms with Gasteiger partial charge in [-0.2, -0.15) is 0 Å². The number of hydrogen-bond acceptors (Lipinski definition) is 2. The lowest BCUT2D eigenvalue weighted by molar-refractivity contribution is 0.135. The minimum Gasteiger partial charge on any atom is -0.497 e. The zero-order valence-electron chi connectivity index (χ0n) is 14.5. The second-order valence-electron chi connectivity index (χ2n) is 6.99. The summed E-state index contributed by atoms with van der Waals surface area (Å²) in [6, 6.07) is 6.72. The van der Waals surface area contributed by atoms with Crippen LogP contribution in [-0.2, 0) is 11.8 Å². The number of ether oxygens (including phenoxy) is 1. The minimum atomic E-state index is 0.323. The molecule has 3 rings (SSSR count). The van der Waals surface area contributed by atoms with Crippen LogP contribution in [-0.4, -0.2) is 32.6 Å². The van der Waals surface area contributed by atoms with Crippen LogP contribution >= 0.6 is 0 Å². The monoisotopic (exact) mass is 288 g/mol. The van der Waals surface area contributed by atoms with E-state index in [9.17, 15) is 0 Å². The molecule has 1 aromatic carbocycles. The molecule has 2 nitrogen and oxygen atoms in total. The molecule has 1 saturated carbocycles. The van der Waals surface area contributed by atoms with Gasteiger partial charge in [-0.25, -0.2) is 0 Å². The Labute approximate surface area is 130 Å². The molecule has 0 spiro atoms. The third kappa shape index (κ3) is 2.70. The molecular formula is C19H29NO. The summed E-state index contributed by atoms with van der Waals surface area (Å²) in [5, 5.41) is 0. The van der Waals surface area contributed by atoms with Crippen LogP contribution < -0.4 is 4.74 Å². The summed E-state index contributed by atoms with van der Waals surface area (Å²) in [6.07, 6.45) is 9.17. The van der Waals surface area contributed by atoms with Crippen LogP contribution in [0.15, 0.2) is 18.2 Å². The van der Waals surface area contributed by atoms with Gasteiger partial charge in [0.15, 0.2) is 0 Å². The van der Waals surface area contributed by atoms with E-state index in [1.807, 2.05) is 0 Å². The number of methoxy groups -OCH3 is 1. The molecule has 2 heteroatoms. The van der Waals surface area contributed by atoms with E-state index in [-0.39, 0.29) is 0 Å². The van der Waals surface area contributed by atoms with Gasteiger partial charge in [-0.3, -0.25) is 0 Å². The number of hydrogen-bond donors (Lipinski definition) is 0. The van der Waals surface area contributed by atoms with Crippen LogP contribution in [0.1, 0.15) is 51.0 Å². The van der Waals surface area contributed by atoms with Crippen molar-refractivity contribution in [2.24, 2.45) is 5.92 Å². The van der Waals surface area contributed by atoms with Gasteiger partial charge in [-0.15, -0.1) is 0 Å². The first-order valence-electron chi connectivity index (χ1n) is 9.05. The predicted molar refractivity (Wildman–Crippen MR) is 88.1 cm³/mol. The van der Waals surface area contributed by atoms with Crippen molar-refractivity contribution in [2.45, 2.75) is 50.4 Å². The van der Waals surface area contributed by atoms with Gasteiger partial charge < -0.3 is 9.64 Å². The van der Waals surface area contributed by atoms with Gasteiger partial charge in [0, 0.05) is 1.37 Å². The van der Waals surface area contributed by atoms with Crippen LogP contribution in [0.4, 0.5) is 0 Å². The number of fused-ring (bicyclic) bond motifs is 3. The molecule has 0 aliphatic heterocycles. The fourth-order valence-corrected chi connectivity index (χ4v) is 4.63. The highest BCUT2D eigenvalue weighted by Gasteiger charge is 2.45. The SMILES string of the molecule is [2H]CN(C)CC[C@@]12CCCCC1CCc1ccc(OC)cc12. The topological polar surface area (TPSA) is 12.5 Å². The zero-order valence-corrected chi connectivity index (χ0v) is 13.5. The lowest BCUT2D eigenvalue weighted by Gasteiger charge is -2.49. The van der Waals surface area contributed by atoms with Crippen molar-refractivity contribution in [1.82, 2.24) is 4.90 Å². The average molecular weight is 288 g/mol. The normalized spacial score (nSPS) is 28.7. The molecule has 0 radical (unpaired) electrons. The van der Waals surface area contributed by atoms with Gasteiger partial charge >= 0.3 is 0 Å².